The van der Waals surface area contributed by atoms with Crippen LogP contribution in [0.25, 0.3) is 0 Å². The number of rotatable bonds is 8. The number of carbonyl (C=O) groups is 2. The van der Waals surface area contributed by atoms with Gasteiger partial charge in [-0.05, 0) is 26.9 Å². The standard InChI is InChI=1S/C12H23NO4/c1-5-13(6-2)10(12(15)17-8-4)9-11(14)16-7-3/h10H,5-9H2,1-4H3/t10-/m1/s1. The van der Waals surface area contributed by atoms with Gasteiger partial charge in [0.05, 0.1) is 19.6 Å². The zero-order chi connectivity index (χ0) is 13.3. The van der Waals surface area contributed by atoms with E-state index in [1.807, 2.05) is 18.7 Å². The van der Waals surface area contributed by atoms with Crippen LogP contribution in [0.1, 0.15) is 34.1 Å². The van der Waals surface area contributed by atoms with E-state index in [4.69, 9.17) is 9.47 Å². The summed E-state index contributed by atoms with van der Waals surface area (Å²) in [5, 5.41) is 0. The molecule has 0 saturated heterocycles. The summed E-state index contributed by atoms with van der Waals surface area (Å²) in [6, 6.07) is -0.538. The lowest BCUT2D eigenvalue weighted by molar-refractivity contribution is -0.156. The topological polar surface area (TPSA) is 55.8 Å². The number of likely N-dealkylation sites (N-methyl/N-ethyl adjacent to an activating group) is 1. The Morgan fingerprint density at radius 3 is 1.94 bits per heavy atom. The van der Waals surface area contributed by atoms with Crippen molar-refractivity contribution in [1.82, 2.24) is 4.90 Å². The maximum atomic E-state index is 11.8. The summed E-state index contributed by atoms with van der Waals surface area (Å²) >= 11 is 0. The number of ether oxygens (including phenoxy) is 2. The van der Waals surface area contributed by atoms with Crippen molar-refractivity contribution in [2.45, 2.75) is 40.2 Å². The molecule has 0 bridgehead atoms. The van der Waals surface area contributed by atoms with Crippen LogP contribution < -0.4 is 0 Å². The molecule has 5 nitrogen and oxygen atoms in total. The van der Waals surface area contributed by atoms with Crippen LogP contribution in [0, 0.1) is 0 Å². The van der Waals surface area contributed by atoms with Crippen molar-refractivity contribution in [1.29, 1.82) is 0 Å². The summed E-state index contributed by atoms with van der Waals surface area (Å²) in [5.74, 6) is -0.721. The van der Waals surface area contributed by atoms with E-state index >= 15 is 0 Å². The maximum absolute atomic E-state index is 11.8. The van der Waals surface area contributed by atoms with E-state index < -0.39 is 6.04 Å². The Morgan fingerprint density at radius 2 is 1.53 bits per heavy atom. The minimum absolute atomic E-state index is 0.0500. The molecule has 0 heterocycles. The summed E-state index contributed by atoms with van der Waals surface area (Å²) in [4.78, 5) is 25.1. The van der Waals surface area contributed by atoms with E-state index in [1.54, 1.807) is 13.8 Å². The molecule has 1 atom stereocenters. The van der Waals surface area contributed by atoms with Crippen molar-refractivity contribution in [3.05, 3.63) is 0 Å². The Bertz CT molecular complexity index is 239. The lowest BCUT2D eigenvalue weighted by Gasteiger charge is -2.26. The van der Waals surface area contributed by atoms with Crippen molar-refractivity contribution in [2.75, 3.05) is 26.3 Å². The molecule has 0 rings (SSSR count). The van der Waals surface area contributed by atoms with Gasteiger partial charge >= 0.3 is 11.9 Å². The van der Waals surface area contributed by atoms with Crippen LogP contribution in [0.5, 0.6) is 0 Å². The number of hydrogen-bond donors (Lipinski definition) is 0. The van der Waals surface area contributed by atoms with Crippen molar-refractivity contribution in [3.63, 3.8) is 0 Å². The third-order valence-corrected chi connectivity index (χ3v) is 2.48. The van der Waals surface area contributed by atoms with Gasteiger partial charge in [0.1, 0.15) is 6.04 Å². The summed E-state index contributed by atoms with van der Waals surface area (Å²) < 4.78 is 9.85. The Balaban J connectivity index is 4.59. The summed E-state index contributed by atoms with van der Waals surface area (Å²) in [7, 11) is 0. The fourth-order valence-electron chi connectivity index (χ4n) is 1.64. The highest BCUT2D eigenvalue weighted by molar-refractivity contribution is 5.82. The van der Waals surface area contributed by atoms with Gasteiger partial charge in [0.25, 0.3) is 0 Å². The van der Waals surface area contributed by atoms with Gasteiger partial charge in [-0.3, -0.25) is 14.5 Å². The highest BCUT2D eigenvalue weighted by Gasteiger charge is 2.28. The van der Waals surface area contributed by atoms with Gasteiger partial charge in [-0.25, -0.2) is 0 Å². The quantitative estimate of drug-likeness (QED) is 0.602. The van der Waals surface area contributed by atoms with Crippen molar-refractivity contribution >= 4 is 11.9 Å². The first-order chi connectivity index (χ1) is 8.10. The minimum Gasteiger partial charge on any atom is -0.466 e. The summed E-state index contributed by atoms with van der Waals surface area (Å²) in [6.07, 6.45) is 0.0500. The molecule has 0 aromatic carbocycles. The molecule has 100 valence electrons. The zero-order valence-electron chi connectivity index (χ0n) is 11.2. The van der Waals surface area contributed by atoms with Crippen molar-refractivity contribution in [2.24, 2.45) is 0 Å². The minimum atomic E-state index is -0.538. The first-order valence-electron chi connectivity index (χ1n) is 6.16. The van der Waals surface area contributed by atoms with Crippen LogP contribution in [0.4, 0.5) is 0 Å². The molecular formula is C12H23NO4. The van der Waals surface area contributed by atoms with Crippen LogP contribution >= 0.6 is 0 Å². The molecule has 0 aliphatic carbocycles. The van der Waals surface area contributed by atoms with Gasteiger partial charge in [0, 0.05) is 0 Å². The van der Waals surface area contributed by atoms with E-state index in [0.717, 1.165) is 0 Å². The maximum Gasteiger partial charge on any atom is 0.323 e. The monoisotopic (exact) mass is 245 g/mol. The van der Waals surface area contributed by atoms with Crippen LogP contribution in [-0.4, -0.2) is 49.2 Å². The van der Waals surface area contributed by atoms with Crippen LogP contribution in [0.3, 0.4) is 0 Å². The average Bonchev–Trinajstić information content (AvgIpc) is 2.30. The Kier molecular flexibility index (Phi) is 8.40. The second kappa shape index (κ2) is 8.98. The van der Waals surface area contributed by atoms with E-state index in [1.165, 1.54) is 0 Å². The molecule has 17 heavy (non-hydrogen) atoms. The van der Waals surface area contributed by atoms with Crippen LogP contribution in [0.2, 0.25) is 0 Å². The molecule has 5 heteroatoms. The normalized spacial score (nSPS) is 12.3. The second-order valence-electron chi connectivity index (χ2n) is 3.50. The molecule has 0 saturated carbocycles. The number of carbonyl (C=O) groups excluding carboxylic acids is 2. The number of nitrogens with zero attached hydrogens (tertiary/aromatic N) is 1. The molecule has 0 aliphatic rings. The fourth-order valence-corrected chi connectivity index (χ4v) is 1.64. The third kappa shape index (κ3) is 5.68. The lowest BCUT2D eigenvalue weighted by atomic mass is 10.1. The molecule has 0 radical (unpaired) electrons. The van der Waals surface area contributed by atoms with Gasteiger partial charge in [-0.2, -0.15) is 0 Å². The average molecular weight is 245 g/mol. The molecule has 0 unspecified atom stereocenters. The van der Waals surface area contributed by atoms with Crippen LogP contribution in [-0.2, 0) is 19.1 Å². The molecular weight excluding hydrogens is 222 g/mol. The highest BCUT2D eigenvalue weighted by Crippen LogP contribution is 2.08. The van der Waals surface area contributed by atoms with E-state index in [2.05, 4.69) is 0 Å². The molecule has 0 N–H and O–H groups in total. The first-order valence-corrected chi connectivity index (χ1v) is 6.16. The summed E-state index contributed by atoms with van der Waals surface area (Å²) in [6.45, 7) is 9.42. The highest BCUT2D eigenvalue weighted by atomic mass is 16.5. The van der Waals surface area contributed by atoms with Crippen molar-refractivity contribution in [3.8, 4) is 0 Å². The molecule has 0 fully saturated rings. The number of hydrogen-bond acceptors (Lipinski definition) is 5. The Labute approximate surface area is 103 Å². The molecule has 0 aromatic rings. The van der Waals surface area contributed by atoms with Gasteiger partial charge in [-0.1, -0.05) is 13.8 Å². The fraction of sp³-hybridized carbons (Fsp3) is 0.833. The lowest BCUT2D eigenvalue weighted by Crippen LogP contribution is -2.43. The van der Waals surface area contributed by atoms with Crippen molar-refractivity contribution < 1.29 is 19.1 Å². The smallest absolute Gasteiger partial charge is 0.323 e. The predicted octanol–water partition coefficient (Wildman–Crippen LogP) is 1.21. The largest absolute Gasteiger partial charge is 0.466 e. The molecule has 0 aliphatic heterocycles. The summed E-state index contributed by atoms with van der Waals surface area (Å²) in [5.41, 5.74) is 0. The first kappa shape index (κ1) is 15.9. The van der Waals surface area contributed by atoms with Gasteiger partial charge in [-0.15, -0.1) is 0 Å². The Hall–Kier alpha value is -1.10. The molecule has 0 aromatic heterocycles. The predicted molar refractivity (Wildman–Crippen MR) is 64.6 cm³/mol. The SMILES string of the molecule is CCOC(=O)C[C@H](C(=O)OCC)N(CC)CC. The second-order valence-corrected chi connectivity index (χ2v) is 3.50. The van der Waals surface area contributed by atoms with E-state index in [9.17, 15) is 9.59 Å². The molecule has 0 spiro atoms. The van der Waals surface area contributed by atoms with Gasteiger partial charge in [0.2, 0.25) is 0 Å². The number of esters is 2. The van der Waals surface area contributed by atoms with Gasteiger partial charge in [0.15, 0.2) is 0 Å². The van der Waals surface area contributed by atoms with Crippen LogP contribution in [0.15, 0.2) is 0 Å². The molecule has 0 amide bonds. The Morgan fingerprint density at radius 1 is 1.00 bits per heavy atom. The third-order valence-electron chi connectivity index (χ3n) is 2.48. The van der Waals surface area contributed by atoms with Gasteiger partial charge < -0.3 is 9.47 Å². The zero-order valence-corrected chi connectivity index (χ0v) is 11.2. The van der Waals surface area contributed by atoms with E-state index in [0.29, 0.717) is 26.3 Å². The van der Waals surface area contributed by atoms with E-state index in [-0.39, 0.29) is 18.4 Å².